The third kappa shape index (κ3) is 2.74. The van der Waals surface area contributed by atoms with Gasteiger partial charge in [0.2, 0.25) is 5.88 Å². The molecule has 0 aliphatic carbocycles. The van der Waals surface area contributed by atoms with Crippen LogP contribution < -0.4 is 5.56 Å². The molecular weight excluding hydrogens is 280 g/mol. The fourth-order valence-electron chi connectivity index (χ4n) is 2.20. The Balaban J connectivity index is 2.67. The van der Waals surface area contributed by atoms with Crippen molar-refractivity contribution in [2.75, 3.05) is 0 Å². The van der Waals surface area contributed by atoms with Crippen molar-refractivity contribution < 1.29 is 5.11 Å². The van der Waals surface area contributed by atoms with Gasteiger partial charge in [0.1, 0.15) is 11.6 Å². The first-order valence-electron chi connectivity index (χ1n) is 6.99. The summed E-state index contributed by atoms with van der Waals surface area (Å²) in [5.74, 6) is -0.314. The predicted molar refractivity (Wildman–Crippen MR) is 82.8 cm³/mol. The van der Waals surface area contributed by atoms with E-state index in [-0.39, 0.29) is 23.7 Å². The molecule has 112 valence electrons. The van der Waals surface area contributed by atoms with Crippen LogP contribution in [0.4, 0.5) is 11.4 Å². The Morgan fingerprint density at radius 1 is 1.23 bits per heavy atom. The summed E-state index contributed by atoms with van der Waals surface area (Å²) in [6.45, 7) is 3.76. The van der Waals surface area contributed by atoms with E-state index in [9.17, 15) is 15.2 Å². The van der Waals surface area contributed by atoms with E-state index >= 15 is 0 Å². The van der Waals surface area contributed by atoms with Gasteiger partial charge in [-0.25, -0.2) is 0 Å². The van der Waals surface area contributed by atoms with E-state index in [0.29, 0.717) is 17.7 Å². The molecule has 2 aromatic rings. The zero-order chi connectivity index (χ0) is 16.1. The average Bonchev–Trinajstić information content (AvgIpc) is 2.55. The molecule has 1 aromatic heterocycles. The standard InChI is InChI=1S/C16H16N4O2/c1-3-12-13(10-17)15(21)20(4-2)16(22)14(12)19-18-11-8-6-5-7-9-11/h5-9,21H,3-4H2,1-2H3. The van der Waals surface area contributed by atoms with E-state index in [1.165, 1.54) is 0 Å². The number of rotatable bonds is 4. The first-order valence-corrected chi connectivity index (χ1v) is 6.99. The molecule has 0 aliphatic rings. The maximum absolute atomic E-state index is 12.4. The molecule has 0 amide bonds. The van der Waals surface area contributed by atoms with Crippen molar-refractivity contribution in [3.05, 3.63) is 51.8 Å². The molecule has 0 aliphatic heterocycles. The van der Waals surface area contributed by atoms with Crippen molar-refractivity contribution in [3.63, 3.8) is 0 Å². The van der Waals surface area contributed by atoms with Crippen LogP contribution in [0.2, 0.25) is 0 Å². The van der Waals surface area contributed by atoms with Gasteiger partial charge in [0.15, 0.2) is 5.69 Å². The maximum Gasteiger partial charge on any atom is 0.281 e. The van der Waals surface area contributed by atoms with Crippen molar-refractivity contribution >= 4 is 11.4 Å². The van der Waals surface area contributed by atoms with Gasteiger partial charge in [-0.1, -0.05) is 25.1 Å². The highest BCUT2D eigenvalue weighted by Gasteiger charge is 2.19. The molecule has 0 bridgehead atoms. The van der Waals surface area contributed by atoms with Crippen LogP contribution in [0.1, 0.15) is 25.0 Å². The van der Waals surface area contributed by atoms with Gasteiger partial charge in [-0.2, -0.15) is 10.4 Å². The van der Waals surface area contributed by atoms with Gasteiger partial charge < -0.3 is 5.11 Å². The lowest BCUT2D eigenvalue weighted by molar-refractivity contribution is 0.409. The normalized spacial score (nSPS) is 10.8. The van der Waals surface area contributed by atoms with Crippen LogP contribution in [0.3, 0.4) is 0 Å². The average molecular weight is 296 g/mol. The highest BCUT2D eigenvalue weighted by Crippen LogP contribution is 2.27. The second-order valence-corrected chi connectivity index (χ2v) is 4.58. The second-order valence-electron chi connectivity index (χ2n) is 4.58. The Bertz CT molecular complexity index is 802. The highest BCUT2D eigenvalue weighted by atomic mass is 16.3. The van der Waals surface area contributed by atoms with Crippen LogP contribution in [-0.2, 0) is 13.0 Å². The van der Waals surface area contributed by atoms with E-state index in [0.717, 1.165) is 4.57 Å². The van der Waals surface area contributed by atoms with Crippen LogP contribution >= 0.6 is 0 Å². The lowest BCUT2D eigenvalue weighted by atomic mass is 10.1. The number of pyridine rings is 1. The molecule has 1 N–H and O–H groups in total. The van der Waals surface area contributed by atoms with E-state index in [2.05, 4.69) is 10.2 Å². The number of aromatic hydroxyl groups is 1. The van der Waals surface area contributed by atoms with E-state index in [4.69, 9.17) is 0 Å². The fraction of sp³-hybridized carbons (Fsp3) is 0.250. The Labute approximate surface area is 128 Å². The highest BCUT2D eigenvalue weighted by molar-refractivity contribution is 5.57. The Kier molecular flexibility index (Phi) is 4.69. The maximum atomic E-state index is 12.4. The largest absolute Gasteiger partial charge is 0.493 e. The summed E-state index contributed by atoms with van der Waals surface area (Å²) in [5.41, 5.74) is 0.747. The van der Waals surface area contributed by atoms with Crippen LogP contribution in [-0.4, -0.2) is 9.67 Å². The third-order valence-corrected chi connectivity index (χ3v) is 3.32. The molecule has 0 saturated carbocycles. The Morgan fingerprint density at radius 2 is 1.91 bits per heavy atom. The zero-order valence-electron chi connectivity index (χ0n) is 12.4. The van der Waals surface area contributed by atoms with Crippen LogP contribution in [0, 0.1) is 11.3 Å². The molecule has 0 unspecified atom stereocenters. The molecule has 0 radical (unpaired) electrons. The van der Waals surface area contributed by atoms with Crippen LogP contribution in [0.5, 0.6) is 5.88 Å². The van der Waals surface area contributed by atoms with Crippen molar-refractivity contribution in [2.45, 2.75) is 26.8 Å². The van der Waals surface area contributed by atoms with Gasteiger partial charge in [-0.05, 0) is 25.5 Å². The summed E-state index contributed by atoms with van der Waals surface area (Å²) in [7, 11) is 0. The topological polar surface area (TPSA) is 90.7 Å². The van der Waals surface area contributed by atoms with Crippen LogP contribution in [0.25, 0.3) is 0 Å². The van der Waals surface area contributed by atoms with Crippen LogP contribution in [0.15, 0.2) is 45.4 Å². The minimum absolute atomic E-state index is 0.0750. The first kappa shape index (κ1) is 15.4. The molecule has 0 atom stereocenters. The van der Waals surface area contributed by atoms with Crippen molar-refractivity contribution in [1.82, 2.24) is 4.57 Å². The predicted octanol–water partition coefficient (Wildman–Crippen LogP) is 3.42. The van der Waals surface area contributed by atoms with Gasteiger partial charge in [0.05, 0.1) is 5.69 Å². The molecule has 6 nitrogen and oxygen atoms in total. The summed E-state index contributed by atoms with van der Waals surface area (Å²) in [6, 6.07) is 11.0. The Morgan fingerprint density at radius 3 is 2.45 bits per heavy atom. The fourth-order valence-corrected chi connectivity index (χ4v) is 2.20. The van der Waals surface area contributed by atoms with E-state index in [1.807, 2.05) is 24.3 Å². The zero-order valence-corrected chi connectivity index (χ0v) is 12.4. The SMILES string of the molecule is CCc1c(C#N)c(O)n(CC)c(=O)c1N=Nc1ccccc1. The molecular formula is C16H16N4O2. The van der Waals surface area contributed by atoms with Crippen molar-refractivity contribution in [2.24, 2.45) is 10.2 Å². The monoisotopic (exact) mass is 296 g/mol. The lowest BCUT2D eigenvalue weighted by Crippen LogP contribution is -2.21. The van der Waals surface area contributed by atoms with E-state index < -0.39 is 5.56 Å². The van der Waals surface area contributed by atoms with Gasteiger partial charge in [0, 0.05) is 12.1 Å². The number of hydrogen-bond donors (Lipinski definition) is 1. The number of azo groups is 1. The molecule has 0 saturated heterocycles. The number of nitrogens with zero attached hydrogens (tertiary/aromatic N) is 4. The molecule has 1 aromatic carbocycles. The summed E-state index contributed by atoms with van der Waals surface area (Å²) in [4.78, 5) is 12.4. The molecule has 2 rings (SSSR count). The lowest BCUT2D eigenvalue weighted by Gasteiger charge is -2.12. The van der Waals surface area contributed by atoms with Gasteiger partial charge >= 0.3 is 0 Å². The summed E-state index contributed by atoms with van der Waals surface area (Å²) in [5, 5.41) is 27.4. The summed E-state index contributed by atoms with van der Waals surface area (Å²) in [6.07, 6.45) is 0.402. The van der Waals surface area contributed by atoms with Gasteiger partial charge in [-0.15, -0.1) is 5.11 Å². The molecule has 0 spiro atoms. The molecule has 1 heterocycles. The Hall–Kier alpha value is -2.94. The number of benzene rings is 1. The van der Waals surface area contributed by atoms with Crippen molar-refractivity contribution in [3.8, 4) is 11.9 Å². The third-order valence-electron chi connectivity index (χ3n) is 3.32. The number of aromatic nitrogens is 1. The number of hydrogen-bond acceptors (Lipinski definition) is 5. The quantitative estimate of drug-likeness (QED) is 0.876. The molecule has 22 heavy (non-hydrogen) atoms. The summed E-state index contributed by atoms with van der Waals surface area (Å²) < 4.78 is 1.12. The van der Waals surface area contributed by atoms with Crippen molar-refractivity contribution in [1.29, 1.82) is 5.26 Å². The van der Waals surface area contributed by atoms with E-state index in [1.54, 1.807) is 26.0 Å². The van der Waals surface area contributed by atoms with Gasteiger partial charge in [0.25, 0.3) is 5.56 Å². The minimum atomic E-state index is -0.449. The summed E-state index contributed by atoms with van der Waals surface area (Å²) >= 11 is 0. The minimum Gasteiger partial charge on any atom is -0.493 e. The molecule has 0 fully saturated rings. The molecule has 6 heteroatoms. The number of nitriles is 1. The first-order chi connectivity index (χ1) is 10.6. The van der Waals surface area contributed by atoms with Gasteiger partial charge in [-0.3, -0.25) is 9.36 Å². The second kappa shape index (κ2) is 6.68. The smallest absolute Gasteiger partial charge is 0.281 e.